The molecule has 0 bridgehead atoms. The van der Waals surface area contributed by atoms with Gasteiger partial charge in [-0.3, -0.25) is 9.89 Å². The topological polar surface area (TPSA) is 110 Å². The van der Waals surface area contributed by atoms with Gasteiger partial charge < -0.3 is 16.8 Å². The molecule has 1 amide bonds. The van der Waals surface area contributed by atoms with Crippen LogP contribution in [0.3, 0.4) is 0 Å². The summed E-state index contributed by atoms with van der Waals surface area (Å²) in [5.74, 6) is 0.285. The first-order chi connectivity index (χ1) is 8.06. The Balaban J connectivity index is 2.23. The molecule has 0 unspecified atom stereocenters. The van der Waals surface area contributed by atoms with Gasteiger partial charge in [0, 0.05) is 22.5 Å². The van der Waals surface area contributed by atoms with E-state index < -0.39 is 0 Å². The van der Waals surface area contributed by atoms with Crippen LogP contribution in [-0.2, 0) is 0 Å². The van der Waals surface area contributed by atoms with E-state index in [1.165, 1.54) is 0 Å². The number of benzene rings is 1. The predicted octanol–water partition coefficient (Wildman–Crippen LogP) is 1.13. The average Bonchev–Trinajstić information content (AvgIpc) is 2.63. The maximum atomic E-state index is 11.9. The summed E-state index contributed by atoms with van der Waals surface area (Å²) in [6.07, 6.45) is 1.63. The summed E-state index contributed by atoms with van der Waals surface area (Å²) in [5, 5.41) is 9.20. The molecule has 6 N–H and O–H groups in total. The Bertz CT molecular complexity index is 540. The number of aromatic amines is 1. The molecule has 0 spiro atoms. The number of anilines is 3. The first kappa shape index (κ1) is 11.0. The van der Waals surface area contributed by atoms with Crippen molar-refractivity contribution in [1.29, 1.82) is 0 Å². The second-order valence-electron chi connectivity index (χ2n) is 3.77. The molecule has 0 aliphatic rings. The zero-order valence-electron chi connectivity index (χ0n) is 9.32. The number of hydrogen-bond donors (Lipinski definition) is 4. The fourth-order valence-electron chi connectivity index (χ4n) is 1.47. The van der Waals surface area contributed by atoms with Crippen LogP contribution in [0.25, 0.3) is 0 Å². The summed E-state index contributed by atoms with van der Waals surface area (Å²) in [5.41, 5.74) is 13.4. The maximum absolute atomic E-state index is 11.9. The molecule has 0 atom stereocenters. The van der Waals surface area contributed by atoms with Crippen LogP contribution in [0.2, 0.25) is 0 Å². The van der Waals surface area contributed by atoms with Crippen LogP contribution in [0, 0.1) is 6.92 Å². The van der Waals surface area contributed by atoms with Gasteiger partial charge in [0.15, 0.2) is 0 Å². The Labute approximate surface area is 98.0 Å². The van der Waals surface area contributed by atoms with Gasteiger partial charge in [-0.05, 0) is 25.1 Å². The zero-order valence-corrected chi connectivity index (χ0v) is 9.32. The molecule has 88 valence electrons. The lowest BCUT2D eigenvalue weighted by Crippen LogP contribution is -2.13. The number of amides is 1. The van der Waals surface area contributed by atoms with Crippen molar-refractivity contribution in [2.75, 3.05) is 16.8 Å². The van der Waals surface area contributed by atoms with Crippen molar-refractivity contribution in [1.82, 2.24) is 10.2 Å². The highest BCUT2D eigenvalue weighted by atomic mass is 16.1. The number of aryl methyl sites for hydroxylation is 1. The van der Waals surface area contributed by atoms with Crippen molar-refractivity contribution >= 4 is 23.1 Å². The predicted molar refractivity (Wildman–Crippen MR) is 66.5 cm³/mol. The van der Waals surface area contributed by atoms with E-state index in [2.05, 4.69) is 15.5 Å². The van der Waals surface area contributed by atoms with E-state index in [-0.39, 0.29) is 5.91 Å². The first-order valence-corrected chi connectivity index (χ1v) is 5.03. The number of nitrogen functional groups attached to an aromatic ring is 2. The number of nitrogens with two attached hydrogens (primary N) is 2. The summed E-state index contributed by atoms with van der Waals surface area (Å²) in [6, 6.07) is 4.73. The molecule has 17 heavy (non-hydrogen) atoms. The highest BCUT2D eigenvalue weighted by Gasteiger charge is 2.09. The van der Waals surface area contributed by atoms with E-state index in [9.17, 15) is 4.79 Å². The quantitative estimate of drug-likeness (QED) is 0.581. The molecule has 1 aromatic carbocycles. The van der Waals surface area contributed by atoms with Crippen LogP contribution < -0.4 is 16.8 Å². The van der Waals surface area contributed by atoms with E-state index in [1.54, 1.807) is 24.4 Å². The summed E-state index contributed by atoms with van der Waals surface area (Å²) < 4.78 is 0. The summed E-state index contributed by atoms with van der Waals surface area (Å²) in [4.78, 5) is 11.9. The molecule has 0 aliphatic carbocycles. The molecular formula is C11H13N5O. The monoisotopic (exact) mass is 231 g/mol. The van der Waals surface area contributed by atoms with Gasteiger partial charge in [0.05, 0.1) is 6.20 Å². The van der Waals surface area contributed by atoms with Gasteiger partial charge in [0.1, 0.15) is 5.82 Å². The maximum Gasteiger partial charge on any atom is 0.256 e. The van der Waals surface area contributed by atoms with Crippen molar-refractivity contribution in [3.8, 4) is 0 Å². The molecule has 1 aromatic heterocycles. The van der Waals surface area contributed by atoms with Gasteiger partial charge in [0.25, 0.3) is 5.91 Å². The third-order valence-electron chi connectivity index (χ3n) is 2.31. The smallest absolute Gasteiger partial charge is 0.256 e. The van der Waals surface area contributed by atoms with E-state index >= 15 is 0 Å². The number of aromatic nitrogens is 2. The number of carbonyl (C=O) groups excluding carboxylic acids is 1. The lowest BCUT2D eigenvalue weighted by Gasteiger charge is -2.05. The number of rotatable bonds is 2. The second-order valence-corrected chi connectivity index (χ2v) is 3.77. The van der Waals surface area contributed by atoms with E-state index in [1.807, 2.05) is 6.92 Å². The summed E-state index contributed by atoms with van der Waals surface area (Å²) in [6.45, 7) is 1.84. The van der Waals surface area contributed by atoms with Crippen molar-refractivity contribution < 1.29 is 4.79 Å². The standard InChI is InChI=1S/C11H13N5O/c1-6-5-14-16-10(6)15-11(17)7-2-8(12)4-9(13)3-7/h2-5H,12-13H2,1H3,(H2,14,15,16,17). The lowest BCUT2D eigenvalue weighted by atomic mass is 10.1. The van der Waals surface area contributed by atoms with E-state index in [0.29, 0.717) is 22.8 Å². The molecular weight excluding hydrogens is 218 g/mol. The van der Waals surface area contributed by atoms with Crippen LogP contribution in [0.1, 0.15) is 15.9 Å². The number of carbonyl (C=O) groups is 1. The number of H-pyrrole nitrogens is 1. The third kappa shape index (κ3) is 2.36. The summed E-state index contributed by atoms with van der Waals surface area (Å²) in [7, 11) is 0. The van der Waals surface area contributed by atoms with Crippen LogP contribution in [0.5, 0.6) is 0 Å². The fourth-order valence-corrected chi connectivity index (χ4v) is 1.47. The van der Waals surface area contributed by atoms with Crippen LogP contribution >= 0.6 is 0 Å². The molecule has 1 heterocycles. The molecule has 6 nitrogen and oxygen atoms in total. The lowest BCUT2D eigenvalue weighted by molar-refractivity contribution is 0.102. The first-order valence-electron chi connectivity index (χ1n) is 5.03. The van der Waals surface area contributed by atoms with E-state index in [0.717, 1.165) is 5.56 Å². The number of hydrogen-bond acceptors (Lipinski definition) is 4. The Morgan fingerprint density at radius 3 is 2.47 bits per heavy atom. The number of nitrogens with zero attached hydrogens (tertiary/aromatic N) is 1. The Hall–Kier alpha value is -2.50. The average molecular weight is 231 g/mol. The second kappa shape index (κ2) is 4.17. The van der Waals surface area contributed by atoms with Crippen molar-refractivity contribution in [2.45, 2.75) is 6.92 Å². The van der Waals surface area contributed by atoms with Crippen LogP contribution in [-0.4, -0.2) is 16.1 Å². The van der Waals surface area contributed by atoms with Gasteiger partial charge in [-0.1, -0.05) is 0 Å². The fraction of sp³-hybridized carbons (Fsp3) is 0.0909. The van der Waals surface area contributed by atoms with Gasteiger partial charge >= 0.3 is 0 Å². The van der Waals surface area contributed by atoms with Gasteiger partial charge in [-0.2, -0.15) is 5.10 Å². The van der Waals surface area contributed by atoms with Crippen molar-refractivity contribution in [2.24, 2.45) is 0 Å². The van der Waals surface area contributed by atoms with Crippen molar-refractivity contribution in [3.05, 3.63) is 35.5 Å². The Kier molecular flexibility index (Phi) is 2.70. The molecule has 0 saturated carbocycles. The SMILES string of the molecule is Cc1cn[nH]c1NC(=O)c1cc(N)cc(N)c1. The Morgan fingerprint density at radius 2 is 1.94 bits per heavy atom. The highest BCUT2D eigenvalue weighted by Crippen LogP contribution is 2.16. The molecule has 0 radical (unpaired) electrons. The summed E-state index contributed by atoms with van der Waals surface area (Å²) >= 11 is 0. The molecule has 0 fully saturated rings. The van der Waals surface area contributed by atoms with Crippen molar-refractivity contribution in [3.63, 3.8) is 0 Å². The zero-order chi connectivity index (χ0) is 12.4. The molecule has 2 rings (SSSR count). The van der Waals surface area contributed by atoms with Crippen LogP contribution in [0.4, 0.5) is 17.2 Å². The minimum atomic E-state index is -0.281. The van der Waals surface area contributed by atoms with Gasteiger partial charge in [0.2, 0.25) is 0 Å². The van der Waals surface area contributed by atoms with Gasteiger partial charge in [-0.15, -0.1) is 0 Å². The molecule has 6 heteroatoms. The molecule has 0 saturated heterocycles. The van der Waals surface area contributed by atoms with Crippen LogP contribution in [0.15, 0.2) is 24.4 Å². The largest absolute Gasteiger partial charge is 0.399 e. The minimum Gasteiger partial charge on any atom is -0.399 e. The number of nitrogens with one attached hydrogen (secondary N) is 2. The minimum absolute atomic E-state index is 0.281. The molecule has 0 aliphatic heterocycles. The molecule has 2 aromatic rings. The normalized spacial score (nSPS) is 10.2. The Morgan fingerprint density at radius 1 is 1.29 bits per heavy atom. The van der Waals surface area contributed by atoms with E-state index in [4.69, 9.17) is 11.5 Å². The third-order valence-corrected chi connectivity index (χ3v) is 2.31. The van der Waals surface area contributed by atoms with Gasteiger partial charge in [-0.25, -0.2) is 0 Å². The highest BCUT2D eigenvalue weighted by molar-refractivity contribution is 6.05.